The molecule has 4 aromatic rings. The Labute approximate surface area is 208 Å². The molecule has 1 aromatic carbocycles. The van der Waals surface area contributed by atoms with Crippen LogP contribution in [0, 0.1) is 12.7 Å². The van der Waals surface area contributed by atoms with Gasteiger partial charge in [0.15, 0.2) is 5.82 Å². The standard InChI is InChI=1S/C26H28FN7O2/c1-15(2)34-16(3)30-20-6-4-17(10-21(20)34)25-19(27)12-29-26(32-25)31-24-7-5-18(11-28-24)33-13-22-23(14-33)36-9-8-35-22/h4-7,10-12,15,22-23H,8-9,13-14H2,1-3H3,(H,28,29,31,32). The second-order valence-corrected chi connectivity index (χ2v) is 9.47. The molecule has 2 aliphatic heterocycles. The van der Waals surface area contributed by atoms with Gasteiger partial charge in [-0.1, -0.05) is 6.07 Å². The zero-order valence-electron chi connectivity index (χ0n) is 20.5. The second kappa shape index (κ2) is 9.11. The van der Waals surface area contributed by atoms with Gasteiger partial charge in [-0.3, -0.25) is 0 Å². The highest BCUT2D eigenvalue weighted by Crippen LogP contribution is 2.29. The number of rotatable bonds is 5. The number of ether oxygens (including phenoxy) is 2. The summed E-state index contributed by atoms with van der Waals surface area (Å²) in [5.74, 6) is 1.28. The molecule has 2 saturated heterocycles. The minimum atomic E-state index is -0.490. The molecule has 36 heavy (non-hydrogen) atoms. The van der Waals surface area contributed by atoms with Crippen molar-refractivity contribution in [2.75, 3.05) is 36.5 Å². The number of nitrogens with zero attached hydrogens (tertiary/aromatic N) is 6. The normalized spacial score (nSPS) is 19.8. The number of hydrogen-bond acceptors (Lipinski definition) is 8. The highest BCUT2D eigenvalue weighted by atomic mass is 19.1. The van der Waals surface area contributed by atoms with E-state index in [-0.39, 0.29) is 29.9 Å². The number of pyridine rings is 1. The predicted molar refractivity (Wildman–Crippen MR) is 135 cm³/mol. The molecule has 6 rings (SSSR count). The van der Waals surface area contributed by atoms with Crippen molar-refractivity contribution in [3.05, 3.63) is 54.4 Å². The molecule has 2 aliphatic rings. The topological polar surface area (TPSA) is 90.2 Å². The molecule has 0 amide bonds. The highest BCUT2D eigenvalue weighted by molar-refractivity contribution is 5.82. The number of hydrogen-bond donors (Lipinski definition) is 1. The average Bonchev–Trinajstić information content (AvgIpc) is 3.45. The van der Waals surface area contributed by atoms with Crippen LogP contribution in [0.1, 0.15) is 25.7 Å². The van der Waals surface area contributed by atoms with Gasteiger partial charge in [-0.15, -0.1) is 0 Å². The molecule has 186 valence electrons. The summed E-state index contributed by atoms with van der Waals surface area (Å²) in [6.07, 6.45) is 3.18. The maximum atomic E-state index is 14.8. The minimum absolute atomic E-state index is 0.102. The molecule has 9 nitrogen and oxygen atoms in total. The van der Waals surface area contributed by atoms with Gasteiger partial charge in [0.2, 0.25) is 5.95 Å². The zero-order valence-corrected chi connectivity index (χ0v) is 20.5. The smallest absolute Gasteiger partial charge is 0.229 e. The maximum Gasteiger partial charge on any atom is 0.229 e. The summed E-state index contributed by atoms with van der Waals surface area (Å²) in [7, 11) is 0. The van der Waals surface area contributed by atoms with Crippen molar-refractivity contribution in [3.8, 4) is 11.3 Å². The molecule has 2 fully saturated rings. The van der Waals surface area contributed by atoms with E-state index in [1.54, 1.807) is 6.20 Å². The van der Waals surface area contributed by atoms with Crippen LogP contribution in [0.3, 0.4) is 0 Å². The Morgan fingerprint density at radius 2 is 1.78 bits per heavy atom. The Balaban J connectivity index is 1.23. The number of fused-ring (bicyclic) bond motifs is 2. The summed E-state index contributed by atoms with van der Waals surface area (Å²) in [5, 5.41) is 3.09. The number of aromatic nitrogens is 5. The predicted octanol–water partition coefficient (Wildman–Crippen LogP) is 4.26. The molecule has 5 heterocycles. The first kappa shape index (κ1) is 22.8. The van der Waals surface area contributed by atoms with Gasteiger partial charge in [-0.25, -0.2) is 24.3 Å². The molecule has 10 heteroatoms. The number of imidazole rings is 1. The third-order valence-electron chi connectivity index (χ3n) is 6.72. The number of anilines is 3. The molecule has 0 aliphatic carbocycles. The van der Waals surface area contributed by atoms with Crippen LogP contribution < -0.4 is 10.2 Å². The van der Waals surface area contributed by atoms with Gasteiger partial charge in [0, 0.05) is 24.7 Å². The summed E-state index contributed by atoms with van der Waals surface area (Å²) in [5.41, 5.74) is 3.70. The van der Waals surface area contributed by atoms with E-state index in [1.807, 2.05) is 37.3 Å². The van der Waals surface area contributed by atoms with E-state index < -0.39 is 5.82 Å². The molecule has 2 atom stereocenters. The molecule has 1 N–H and O–H groups in total. The van der Waals surface area contributed by atoms with E-state index in [0.29, 0.717) is 24.6 Å². The Morgan fingerprint density at radius 1 is 1.00 bits per heavy atom. The van der Waals surface area contributed by atoms with Crippen LogP contribution >= 0.6 is 0 Å². The zero-order chi connectivity index (χ0) is 24.8. The first-order valence-electron chi connectivity index (χ1n) is 12.2. The van der Waals surface area contributed by atoms with E-state index in [2.05, 4.69) is 48.6 Å². The van der Waals surface area contributed by atoms with Gasteiger partial charge in [-0.05, 0) is 45.0 Å². The lowest BCUT2D eigenvalue weighted by Crippen LogP contribution is -2.36. The number of benzene rings is 1. The van der Waals surface area contributed by atoms with Crippen molar-refractivity contribution in [3.63, 3.8) is 0 Å². The average molecular weight is 490 g/mol. The molecule has 0 spiro atoms. The van der Waals surface area contributed by atoms with Crippen LogP contribution in [0.15, 0.2) is 42.7 Å². The number of aryl methyl sites for hydroxylation is 1. The van der Waals surface area contributed by atoms with E-state index in [1.165, 1.54) is 6.20 Å². The highest BCUT2D eigenvalue weighted by Gasteiger charge is 2.36. The van der Waals surface area contributed by atoms with Crippen molar-refractivity contribution >= 4 is 28.5 Å². The van der Waals surface area contributed by atoms with Crippen LogP contribution in [0.5, 0.6) is 0 Å². The summed E-state index contributed by atoms with van der Waals surface area (Å²) >= 11 is 0. The fraction of sp³-hybridized carbons (Fsp3) is 0.385. The molecule has 0 radical (unpaired) electrons. The fourth-order valence-electron chi connectivity index (χ4n) is 5.08. The van der Waals surface area contributed by atoms with Crippen LogP contribution in [-0.2, 0) is 9.47 Å². The maximum absolute atomic E-state index is 14.8. The van der Waals surface area contributed by atoms with Crippen molar-refractivity contribution in [1.29, 1.82) is 0 Å². The third-order valence-corrected chi connectivity index (χ3v) is 6.72. The first-order chi connectivity index (χ1) is 17.5. The lowest BCUT2D eigenvalue weighted by atomic mass is 10.1. The van der Waals surface area contributed by atoms with Gasteiger partial charge in [0.1, 0.15) is 29.5 Å². The van der Waals surface area contributed by atoms with Gasteiger partial charge in [0.25, 0.3) is 0 Å². The van der Waals surface area contributed by atoms with E-state index in [0.717, 1.165) is 35.6 Å². The Morgan fingerprint density at radius 3 is 2.47 bits per heavy atom. The largest absolute Gasteiger partial charge is 0.371 e. The summed E-state index contributed by atoms with van der Waals surface area (Å²) in [4.78, 5) is 19.9. The number of halogens is 1. The minimum Gasteiger partial charge on any atom is -0.371 e. The summed E-state index contributed by atoms with van der Waals surface area (Å²) < 4.78 is 28.5. The van der Waals surface area contributed by atoms with Gasteiger partial charge in [0.05, 0.1) is 42.3 Å². The van der Waals surface area contributed by atoms with Crippen molar-refractivity contribution < 1.29 is 13.9 Å². The Bertz CT molecular complexity index is 1390. The van der Waals surface area contributed by atoms with Crippen molar-refractivity contribution in [2.45, 2.75) is 39.0 Å². The summed E-state index contributed by atoms with van der Waals surface area (Å²) in [6.45, 7) is 9.03. The molecule has 0 saturated carbocycles. The van der Waals surface area contributed by atoms with Crippen LogP contribution in [0.4, 0.5) is 21.8 Å². The molecular formula is C26H28FN7O2. The third kappa shape index (κ3) is 4.16. The van der Waals surface area contributed by atoms with Crippen molar-refractivity contribution in [1.82, 2.24) is 24.5 Å². The van der Waals surface area contributed by atoms with Crippen LogP contribution in [-0.4, -0.2) is 63.0 Å². The quantitative estimate of drug-likeness (QED) is 0.445. The van der Waals surface area contributed by atoms with Crippen molar-refractivity contribution in [2.24, 2.45) is 0 Å². The second-order valence-electron chi connectivity index (χ2n) is 9.47. The Kier molecular flexibility index (Phi) is 5.77. The molecular weight excluding hydrogens is 461 g/mol. The Hall–Kier alpha value is -3.63. The molecule has 2 unspecified atom stereocenters. The monoisotopic (exact) mass is 489 g/mol. The molecule has 3 aromatic heterocycles. The first-order valence-corrected chi connectivity index (χ1v) is 12.2. The SMILES string of the molecule is Cc1nc2ccc(-c3nc(Nc4ccc(N5CC6OCCOC6C5)cn4)ncc3F)cc2n1C(C)C. The summed E-state index contributed by atoms with van der Waals surface area (Å²) in [6, 6.07) is 9.75. The fourth-order valence-corrected chi connectivity index (χ4v) is 5.08. The van der Waals surface area contributed by atoms with Gasteiger partial charge < -0.3 is 24.3 Å². The number of nitrogens with one attached hydrogen (secondary N) is 1. The van der Waals surface area contributed by atoms with E-state index in [9.17, 15) is 4.39 Å². The van der Waals surface area contributed by atoms with Crippen LogP contribution in [0.2, 0.25) is 0 Å². The van der Waals surface area contributed by atoms with E-state index >= 15 is 0 Å². The lowest BCUT2D eigenvalue weighted by Gasteiger charge is -2.24. The van der Waals surface area contributed by atoms with E-state index in [4.69, 9.17) is 9.47 Å². The van der Waals surface area contributed by atoms with Crippen LogP contribution in [0.25, 0.3) is 22.3 Å². The van der Waals surface area contributed by atoms with Gasteiger partial charge in [-0.2, -0.15) is 0 Å². The lowest BCUT2D eigenvalue weighted by molar-refractivity contribution is -0.116. The van der Waals surface area contributed by atoms with Gasteiger partial charge >= 0.3 is 0 Å². The molecule has 0 bridgehead atoms.